The monoisotopic (exact) mass is 150 g/mol. The van der Waals surface area contributed by atoms with Crippen molar-refractivity contribution in [2.45, 2.75) is 39.5 Å². The smallest absolute Gasteiger partial charge is 0.0203 e. The van der Waals surface area contributed by atoms with Crippen LogP contribution in [0.5, 0.6) is 0 Å². The molecule has 0 aromatic heterocycles. The zero-order valence-electron chi connectivity index (χ0n) is 7.64. The molecule has 0 radical (unpaired) electrons. The maximum absolute atomic E-state index is 2.52. The molecule has 1 fully saturated rings. The van der Waals surface area contributed by atoms with E-state index in [-0.39, 0.29) is 0 Å². The van der Waals surface area contributed by atoms with Crippen molar-refractivity contribution in [3.63, 3.8) is 0 Å². The van der Waals surface area contributed by atoms with Gasteiger partial charge in [-0.2, -0.15) is 0 Å². The fraction of sp³-hybridized carbons (Fsp3) is 0.818. The number of hydrogen-bond acceptors (Lipinski definition) is 0. The van der Waals surface area contributed by atoms with Crippen molar-refractivity contribution < 1.29 is 0 Å². The van der Waals surface area contributed by atoms with Gasteiger partial charge in [0.25, 0.3) is 0 Å². The zero-order chi connectivity index (χ0) is 7.84. The molecule has 0 heteroatoms. The summed E-state index contributed by atoms with van der Waals surface area (Å²) in [7, 11) is 0. The van der Waals surface area contributed by atoms with Crippen LogP contribution in [0.4, 0.5) is 0 Å². The molecule has 0 spiro atoms. The van der Waals surface area contributed by atoms with Gasteiger partial charge in [-0.05, 0) is 43.4 Å². The van der Waals surface area contributed by atoms with Crippen LogP contribution in [0.25, 0.3) is 0 Å². The molecule has 2 atom stereocenters. The van der Waals surface area contributed by atoms with E-state index < -0.39 is 0 Å². The van der Waals surface area contributed by atoms with Crippen LogP contribution in [-0.4, -0.2) is 0 Å². The number of hydrogen-bond donors (Lipinski definition) is 0. The first kappa shape index (κ1) is 7.39. The predicted molar refractivity (Wildman–Crippen MR) is 48.4 cm³/mol. The van der Waals surface area contributed by atoms with E-state index in [0.29, 0.717) is 0 Å². The van der Waals surface area contributed by atoms with Gasteiger partial charge in [0.05, 0.1) is 0 Å². The van der Waals surface area contributed by atoms with Gasteiger partial charge in [0, 0.05) is 0 Å². The fourth-order valence-electron chi connectivity index (χ4n) is 2.01. The van der Waals surface area contributed by atoms with Crippen molar-refractivity contribution in [3.8, 4) is 0 Å². The van der Waals surface area contributed by atoms with Crippen LogP contribution in [0.15, 0.2) is 11.6 Å². The summed E-state index contributed by atoms with van der Waals surface area (Å²) >= 11 is 0. The van der Waals surface area contributed by atoms with E-state index >= 15 is 0 Å². The van der Waals surface area contributed by atoms with E-state index in [4.69, 9.17) is 0 Å². The molecular formula is C11H18. The predicted octanol–water partition coefficient (Wildman–Crippen LogP) is 3.39. The SMILES string of the molecule is CC1CC=C(C2CC2)CC1C. The third-order valence-electron chi connectivity index (χ3n) is 3.38. The molecule has 0 aliphatic heterocycles. The minimum atomic E-state index is 0.928. The average molecular weight is 150 g/mol. The van der Waals surface area contributed by atoms with E-state index in [0.717, 1.165) is 17.8 Å². The lowest BCUT2D eigenvalue weighted by atomic mass is 9.81. The van der Waals surface area contributed by atoms with Gasteiger partial charge in [-0.15, -0.1) is 0 Å². The van der Waals surface area contributed by atoms with Crippen LogP contribution in [0.3, 0.4) is 0 Å². The summed E-state index contributed by atoms with van der Waals surface area (Å²) in [4.78, 5) is 0. The number of allylic oxidation sites excluding steroid dienone is 2. The van der Waals surface area contributed by atoms with Crippen LogP contribution in [0.2, 0.25) is 0 Å². The summed E-state index contributed by atoms with van der Waals surface area (Å²) in [5, 5.41) is 0. The molecule has 0 bridgehead atoms. The third kappa shape index (κ3) is 1.50. The van der Waals surface area contributed by atoms with Crippen LogP contribution in [0.1, 0.15) is 39.5 Å². The molecule has 11 heavy (non-hydrogen) atoms. The van der Waals surface area contributed by atoms with Gasteiger partial charge in [0.2, 0.25) is 0 Å². The van der Waals surface area contributed by atoms with Crippen molar-refractivity contribution >= 4 is 0 Å². The second-order valence-electron chi connectivity index (χ2n) is 4.45. The van der Waals surface area contributed by atoms with Crippen molar-refractivity contribution in [2.75, 3.05) is 0 Å². The van der Waals surface area contributed by atoms with Gasteiger partial charge in [0.15, 0.2) is 0 Å². The first-order valence-corrected chi connectivity index (χ1v) is 4.96. The topological polar surface area (TPSA) is 0 Å². The van der Waals surface area contributed by atoms with Crippen LogP contribution in [-0.2, 0) is 0 Å². The highest BCUT2D eigenvalue weighted by Gasteiger charge is 2.29. The highest BCUT2D eigenvalue weighted by molar-refractivity contribution is 5.15. The molecule has 0 heterocycles. The molecule has 2 unspecified atom stereocenters. The summed E-state index contributed by atoms with van der Waals surface area (Å²) in [5.74, 6) is 2.89. The van der Waals surface area contributed by atoms with Gasteiger partial charge in [-0.1, -0.05) is 25.5 Å². The van der Waals surface area contributed by atoms with E-state index in [2.05, 4.69) is 19.9 Å². The van der Waals surface area contributed by atoms with Gasteiger partial charge in [-0.3, -0.25) is 0 Å². The standard InChI is InChI=1S/C11H18/c1-8-3-4-11(7-9(8)2)10-5-6-10/h4,8-10H,3,5-7H2,1-2H3. The summed E-state index contributed by atoms with van der Waals surface area (Å²) in [6, 6.07) is 0. The van der Waals surface area contributed by atoms with E-state index in [1.54, 1.807) is 5.57 Å². The quantitative estimate of drug-likeness (QED) is 0.503. The molecule has 1 saturated carbocycles. The Morgan fingerprint density at radius 2 is 1.91 bits per heavy atom. The lowest BCUT2D eigenvalue weighted by Gasteiger charge is -2.25. The van der Waals surface area contributed by atoms with Crippen molar-refractivity contribution in [1.82, 2.24) is 0 Å². The van der Waals surface area contributed by atoms with E-state index in [1.165, 1.54) is 25.7 Å². The Bertz CT molecular complexity index is 174. The van der Waals surface area contributed by atoms with Gasteiger partial charge >= 0.3 is 0 Å². The maximum atomic E-state index is 2.52. The van der Waals surface area contributed by atoms with Gasteiger partial charge < -0.3 is 0 Å². The first-order valence-electron chi connectivity index (χ1n) is 4.96. The van der Waals surface area contributed by atoms with Crippen LogP contribution < -0.4 is 0 Å². The van der Waals surface area contributed by atoms with E-state index in [9.17, 15) is 0 Å². The third-order valence-corrected chi connectivity index (χ3v) is 3.38. The molecule has 0 aromatic carbocycles. The Hall–Kier alpha value is -0.260. The summed E-state index contributed by atoms with van der Waals surface area (Å²) in [6.07, 6.45) is 8.21. The lowest BCUT2D eigenvalue weighted by molar-refractivity contribution is 0.363. The van der Waals surface area contributed by atoms with Crippen molar-refractivity contribution in [2.24, 2.45) is 17.8 Å². The minimum Gasteiger partial charge on any atom is -0.0848 e. The maximum Gasteiger partial charge on any atom is -0.0203 e. The van der Waals surface area contributed by atoms with Gasteiger partial charge in [0.1, 0.15) is 0 Å². The molecule has 2 aliphatic rings. The van der Waals surface area contributed by atoms with Crippen molar-refractivity contribution in [1.29, 1.82) is 0 Å². The second-order valence-corrected chi connectivity index (χ2v) is 4.45. The summed E-state index contributed by atoms with van der Waals surface area (Å²) < 4.78 is 0. The fourth-order valence-corrected chi connectivity index (χ4v) is 2.01. The lowest BCUT2D eigenvalue weighted by Crippen LogP contribution is -2.13. The van der Waals surface area contributed by atoms with Crippen LogP contribution in [0, 0.1) is 17.8 Å². The summed E-state index contributed by atoms with van der Waals surface area (Å²) in [5.41, 5.74) is 1.79. The molecule has 0 aromatic rings. The molecule has 0 nitrogen and oxygen atoms in total. The average Bonchev–Trinajstić information content (AvgIpc) is 2.77. The van der Waals surface area contributed by atoms with Gasteiger partial charge in [-0.25, -0.2) is 0 Å². The second kappa shape index (κ2) is 2.66. The Balaban J connectivity index is 2.01. The summed E-state index contributed by atoms with van der Waals surface area (Å²) in [6.45, 7) is 4.78. The van der Waals surface area contributed by atoms with Crippen LogP contribution >= 0.6 is 0 Å². The highest BCUT2D eigenvalue weighted by atomic mass is 14.3. The molecule has 0 N–H and O–H groups in total. The Morgan fingerprint density at radius 3 is 2.45 bits per heavy atom. The minimum absolute atomic E-state index is 0.928. The molecule has 2 rings (SSSR count). The highest BCUT2D eigenvalue weighted by Crippen LogP contribution is 2.43. The Morgan fingerprint density at radius 1 is 1.18 bits per heavy atom. The molecular weight excluding hydrogens is 132 g/mol. The number of rotatable bonds is 1. The molecule has 62 valence electrons. The van der Waals surface area contributed by atoms with Crippen molar-refractivity contribution in [3.05, 3.63) is 11.6 Å². The Kier molecular flexibility index (Phi) is 1.78. The molecule has 0 amide bonds. The normalized spacial score (nSPS) is 38.5. The molecule has 2 aliphatic carbocycles. The zero-order valence-corrected chi connectivity index (χ0v) is 7.64. The Labute approximate surface area is 69.7 Å². The van der Waals surface area contributed by atoms with E-state index in [1.807, 2.05) is 0 Å². The molecule has 0 saturated heterocycles. The first-order chi connectivity index (χ1) is 5.27. The largest absolute Gasteiger partial charge is 0.0848 e.